The Kier molecular flexibility index (Phi) is 2.83. The van der Waals surface area contributed by atoms with Crippen LogP contribution in [-0.4, -0.2) is 10.1 Å². The molecule has 3 nitrogen and oxygen atoms in total. The lowest BCUT2D eigenvalue weighted by atomic mass is 10.1. The Morgan fingerprint density at radius 1 is 1.33 bits per heavy atom. The van der Waals surface area contributed by atoms with Crippen LogP contribution in [-0.2, 0) is 6.42 Å². The normalized spacial score (nSPS) is 10.5. The van der Waals surface area contributed by atoms with E-state index in [2.05, 4.69) is 17.6 Å². The molecule has 0 aliphatic carbocycles. The molecule has 2 rings (SSSR count). The summed E-state index contributed by atoms with van der Waals surface area (Å²) in [7, 11) is 0. The zero-order valence-corrected chi connectivity index (χ0v) is 9.44. The number of thiol groups is 1. The summed E-state index contributed by atoms with van der Waals surface area (Å²) in [6.07, 6.45) is 0.559. The van der Waals surface area contributed by atoms with E-state index in [-0.39, 0.29) is 10.8 Å². The third-order valence-corrected chi connectivity index (χ3v) is 3.17. The molecule has 5 heteroatoms. The fraction of sp³-hybridized carbons (Fsp3) is 0.100. The molecule has 2 aromatic rings. The molecule has 1 aromatic carbocycles. The van der Waals surface area contributed by atoms with Crippen molar-refractivity contribution in [2.45, 2.75) is 11.3 Å². The number of benzene rings is 1. The van der Waals surface area contributed by atoms with Gasteiger partial charge in [0.2, 0.25) is 5.88 Å². The summed E-state index contributed by atoms with van der Waals surface area (Å²) >= 11 is 5.21. The molecule has 0 bridgehead atoms. The molecule has 2 N–H and O–H groups in total. The molecule has 0 spiro atoms. The van der Waals surface area contributed by atoms with Crippen LogP contribution in [0.3, 0.4) is 0 Å². The van der Waals surface area contributed by atoms with Crippen LogP contribution in [0.15, 0.2) is 34.0 Å². The van der Waals surface area contributed by atoms with Crippen LogP contribution in [0.4, 0.5) is 0 Å². The first-order chi connectivity index (χ1) is 7.15. The number of hydrogen-bond donors (Lipinski definition) is 3. The van der Waals surface area contributed by atoms with E-state index in [1.165, 1.54) is 0 Å². The van der Waals surface area contributed by atoms with Crippen molar-refractivity contribution in [1.29, 1.82) is 0 Å². The highest BCUT2D eigenvalue weighted by Crippen LogP contribution is 2.20. The van der Waals surface area contributed by atoms with Gasteiger partial charge >= 0.3 is 4.87 Å². The van der Waals surface area contributed by atoms with E-state index in [1.807, 2.05) is 24.3 Å². The molecular formula is C10H9NO2S2. The van der Waals surface area contributed by atoms with Crippen LogP contribution < -0.4 is 4.87 Å². The molecule has 1 aromatic heterocycles. The second-order valence-corrected chi connectivity index (χ2v) is 4.71. The minimum Gasteiger partial charge on any atom is -0.494 e. The second kappa shape index (κ2) is 4.12. The lowest BCUT2D eigenvalue weighted by molar-refractivity contribution is 0.451. The molecule has 0 aliphatic heterocycles. The topological polar surface area (TPSA) is 53.1 Å². The number of H-pyrrole nitrogens is 1. The largest absolute Gasteiger partial charge is 0.494 e. The zero-order chi connectivity index (χ0) is 10.8. The SMILES string of the molecule is O=c1[nH]c(O)c(Cc2ccc(S)cc2)s1. The summed E-state index contributed by atoms with van der Waals surface area (Å²) in [5.41, 5.74) is 1.04. The Hall–Kier alpha value is -1.20. The third kappa shape index (κ3) is 2.43. The van der Waals surface area contributed by atoms with Gasteiger partial charge in [-0.1, -0.05) is 23.5 Å². The van der Waals surface area contributed by atoms with Crippen molar-refractivity contribution in [3.05, 3.63) is 44.4 Å². The number of nitrogens with one attached hydrogen (secondary N) is 1. The van der Waals surface area contributed by atoms with Crippen LogP contribution in [0.5, 0.6) is 5.88 Å². The first-order valence-corrected chi connectivity index (χ1v) is 5.60. The van der Waals surface area contributed by atoms with Crippen molar-refractivity contribution in [3.63, 3.8) is 0 Å². The maximum atomic E-state index is 10.9. The van der Waals surface area contributed by atoms with Gasteiger partial charge in [0.05, 0.1) is 4.88 Å². The van der Waals surface area contributed by atoms with Crippen molar-refractivity contribution < 1.29 is 5.11 Å². The van der Waals surface area contributed by atoms with E-state index in [0.29, 0.717) is 11.3 Å². The molecule has 0 atom stereocenters. The molecular weight excluding hydrogens is 230 g/mol. The molecule has 1 heterocycles. The highest BCUT2D eigenvalue weighted by molar-refractivity contribution is 7.80. The van der Waals surface area contributed by atoms with Gasteiger partial charge in [-0.15, -0.1) is 12.6 Å². The van der Waals surface area contributed by atoms with Crippen molar-refractivity contribution in [2.24, 2.45) is 0 Å². The number of aromatic nitrogens is 1. The molecule has 0 aliphatic rings. The number of aromatic hydroxyl groups is 1. The molecule has 0 saturated carbocycles. The maximum absolute atomic E-state index is 10.9. The predicted molar refractivity (Wildman–Crippen MR) is 63.1 cm³/mol. The first-order valence-electron chi connectivity index (χ1n) is 4.34. The molecule has 15 heavy (non-hydrogen) atoms. The number of rotatable bonds is 2. The quantitative estimate of drug-likeness (QED) is 0.702. The summed E-state index contributed by atoms with van der Waals surface area (Å²) in [6, 6.07) is 7.60. The summed E-state index contributed by atoms with van der Waals surface area (Å²) in [5, 5.41) is 9.39. The van der Waals surface area contributed by atoms with Gasteiger partial charge in [0.15, 0.2) is 0 Å². The van der Waals surface area contributed by atoms with Crippen molar-refractivity contribution in [2.75, 3.05) is 0 Å². The summed E-state index contributed by atoms with van der Waals surface area (Å²) in [5.74, 6) is -0.0278. The van der Waals surface area contributed by atoms with Gasteiger partial charge in [-0.2, -0.15) is 0 Å². The Labute approximate surface area is 95.8 Å². The van der Waals surface area contributed by atoms with E-state index < -0.39 is 0 Å². The summed E-state index contributed by atoms with van der Waals surface area (Å²) < 4.78 is 0. The van der Waals surface area contributed by atoms with Gasteiger partial charge < -0.3 is 5.11 Å². The lowest BCUT2D eigenvalue weighted by Crippen LogP contribution is -1.89. The standard InChI is InChI=1S/C10H9NO2S2/c12-9-8(15-10(13)11-9)5-6-1-3-7(14)4-2-6/h1-4,12,14H,5H2,(H,11,13). The van der Waals surface area contributed by atoms with Gasteiger partial charge in [0, 0.05) is 11.3 Å². The Morgan fingerprint density at radius 3 is 2.53 bits per heavy atom. The minimum atomic E-state index is -0.228. The Balaban J connectivity index is 2.25. The van der Waals surface area contributed by atoms with Gasteiger partial charge in [0.1, 0.15) is 0 Å². The summed E-state index contributed by atoms with van der Waals surface area (Å²) in [6.45, 7) is 0. The zero-order valence-electron chi connectivity index (χ0n) is 7.73. The van der Waals surface area contributed by atoms with Crippen molar-refractivity contribution in [3.8, 4) is 5.88 Å². The first kappa shape index (κ1) is 10.3. The summed E-state index contributed by atoms with van der Waals surface area (Å²) in [4.78, 5) is 14.6. The average Bonchev–Trinajstić information content (AvgIpc) is 2.49. The van der Waals surface area contributed by atoms with E-state index >= 15 is 0 Å². The van der Waals surface area contributed by atoms with Crippen LogP contribution in [0, 0.1) is 0 Å². The van der Waals surface area contributed by atoms with Crippen molar-refractivity contribution >= 4 is 24.0 Å². The van der Waals surface area contributed by atoms with E-state index in [9.17, 15) is 9.90 Å². The molecule has 0 radical (unpaired) electrons. The fourth-order valence-corrected chi connectivity index (χ4v) is 2.18. The van der Waals surface area contributed by atoms with Crippen LogP contribution in [0.1, 0.15) is 10.4 Å². The van der Waals surface area contributed by atoms with Gasteiger partial charge in [-0.05, 0) is 17.7 Å². The fourth-order valence-electron chi connectivity index (χ4n) is 1.27. The van der Waals surface area contributed by atoms with Crippen LogP contribution in [0.2, 0.25) is 0 Å². The van der Waals surface area contributed by atoms with Crippen molar-refractivity contribution in [1.82, 2.24) is 4.98 Å². The smallest absolute Gasteiger partial charge is 0.307 e. The highest BCUT2D eigenvalue weighted by atomic mass is 32.1. The maximum Gasteiger partial charge on any atom is 0.307 e. The molecule has 0 unspecified atom stereocenters. The average molecular weight is 239 g/mol. The van der Waals surface area contributed by atoms with E-state index in [0.717, 1.165) is 21.8 Å². The van der Waals surface area contributed by atoms with E-state index in [4.69, 9.17) is 0 Å². The second-order valence-electron chi connectivity index (χ2n) is 3.13. The monoisotopic (exact) mass is 239 g/mol. The van der Waals surface area contributed by atoms with E-state index in [1.54, 1.807) is 0 Å². The Morgan fingerprint density at radius 2 is 2.00 bits per heavy atom. The molecule has 0 amide bonds. The third-order valence-electron chi connectivity index (χ3n) is 2.00. The minimum absolute atomic E-state index is 0.0278. The predicted octanol–water partition coefficient (Wildman–Crippen LogP) is 2.02. The molecule has 0 saturated heterocycles. The Bertz CT molecular complexity index is 513. The highest BCUT2D eigenvalue weighted by Gasteiger charge is 2.06. The molecule has 0 fully saturated rings. The molecule has 78 valence electrons. The lowest BCUT2D eigenvalue weighted by Gasteiger charge is -1.99. The van der Waals surface area contributed by atoms with Gasteiger partial charge in [-0.3, -0.25) is 9.78 Å². The number of hydrogen-bond acceptors (Lipinski definition) is 4. The van der Waals surface area contributed by atoms with Crippen LogP contribution >= 0.6 is 24.0 Å². The van der Waals surface area contributed by atoms with Gasteiger partial charge in [-0.25, -0.2) is 0 Å². The van der Waals surface area contributed by atoms with Gasteiger partial charge in [0.25, 0.3) is 0 Å². The number of aromatic amines is 1. The van der Waals surface area contributed by atoms with Crippen LogP contribution in [0.25, 0.3) is 0 Å². The number of thiazole rings is 1.